The van der Waals surface area contributed by atoms with E-state index in [1.807, 2.05) is 12.1 Å². The number of amides is 1. The van der Waals surface area contributed by atoms with E-state index in [1.165, 1.54) is 35.7 Å². The summed E-state index contributed by atoms with van der Waals surface area (Å²) in [4.78, 5) is 18.0. The van der Waals surface area contributed by atoms with Crippen LogP contribution in [-0.4, -0.2) is 55.5 Å². The Bertz CT molecular complexity index is 1580. The van der Waals surface area contributed by atoms with Crippen molar-refractivity contribution >= 4 is 21.9 Å². The number of nitrogens with zero attached hydrogens (tertiary/aromatic N) is 3. The van der Waals surface area contributed by atoms with Crippen molar-refractivity contribution in [3.05, 3.63) is 84.8 Å². The van der Waals surface area contributed by atoms with Crippen LogP contribution in [0.2, 0.25) is 0 Å². The fraction of sp³-hybridized carbons (Fsp3) is 0.241. The summed E-state index contributed by atoms with van der Waals surface area (Å²) in [5.41, 5.74) is 1.90. The molecule has 0 radical (unpaired) electrons. The Labute approximate surface area is 232 Å². The predicted octanol–water partition coefficient (Wildman–Crippen LogP) is 4.74. The zero-order chi connectivity index (χ0) is 28.3. The van der Waals surface area contributed by atoms with Crippen LogP contribution in [0.25, 0.3) is 16.9 Å². The highest BCUT2D eigenvalue weighted by Crippen LogP contribution is 2.32. The monoisotopic (exact) mass is 564 g/mol. The Balaban J connectivity index is 1.42. The second-order valence-corrected chi connectivity index (χ2v) is 11.4. The van der Waals surface area contributed by atoms with Crippen molar-refractivity contribution in [3.8, 4) is 28.4 Å². The van der Waals surface area contributed by atoms with Crippen LogP contribution in [0.5, 0.6) is 11.5 Å². The van der Waals surface area contributed by atoms with E-state index >= 15 is 0 Å². The van der Waals surface area contributed by atoms with Gasteiger partial charge in [-0.15, -0.1) is 0 Å². The number of carbonyl (C=O) groups excluding carboxylic acids is 1. The summed E-state index contributed by atoms with van der Waals surface area (Å²) >= 11 is 0. The molecular weight excluding hydrogens is 535 g/mol. The topological polar surface area (TPSA) is 103 Å². The fourth-order valence-corrected chi connectivity index (χ4v) is 5.70. The number of benzene rings is 3. The molecule has 0 spiro atoms. The van der Waals surface area contributed by atoms with Gasteiger partial charge in [0.1, 0.15) is 17.3 Å². The Kier molecular flexibility index (Phi) is 7.85. The standard InChI is InChI=1S/C29H29FN4O5S/c1-38-24-11-5-21(6-12-24)27-18-34(23-9-7-22(30)8-10-23)29(31-27)32-28(35)19-33(17-20-3-4-20)40(36,37)26-15-13-25(39-2)14-16-26/h5-16,18,20H,3-4,17,19H2,1-2H3,(H,31,32,35). The number of halogens is 1. The molecule has 0 bridgehead atoms. The van der Waals surface area contributed by atoms with Gasteiger partial charge in [0.05, 0.1) is 31.4 Å². The molecule has 1 amide bonds. The maximum Gasteiger partial charge on any atom is 0.243 e. The predicted molar refractivity (Wildman–Crippen MR) is 149 cm³/mol. The largest absolute Gasteiger partial charge is 0.497 e. The maximum atomic E-state index is 13.6. The van der Waals surface area contributed by atoms with Crippen LogP contribution in [0, 0.1) is 11.7 Å². The smallest absolute Gasteiger partial charge is 0.243 e. The Morgan fingerprint density at radius 1 is 0.975 bits per heavy atom. The van der Waals surface area contributed by atoms with Crippen LogP contribution in [0.15, 0.2) is 83.9 Å². The van der Waals surface area contributed by atoms with Crippen molar-refractivity contribution in [1.29, 1.82) is 0 Å². The molecule has 3 aromatic carbocycles. The number of rotatable bonds is 11. The van der Waals surface area contributed by atoms with Crippen LogP contribution in [0.4, 0.5) is 10.3 Å². The van der Waals surface area contributed by atoms with Gasteiger partial charge in [-0.2, -0.15) is 4.31 Å². The lowest BCUT2D eigenvalue weighted by Gasteiger charge is -2.22. The third kappa shape index (κ3) is 6.16. The Morgan fingerprint density at radius 2 is 1.57 bits per heavy atom. The molecule has 0 atom stereocenters. The minimum absolute atomic E-state index is 0.0800. The van der Waals surface area contributed by atoms with Crippen LogP contribution >= 0.6 is 0 Å². The van der Waals surface area contributed by atoms with Gasteiger partial charge < -0.3 is 9.47 Å². The number of imidazole rings is 1. The lowest BCUT2D eigenvalue weighted by Crippen LogP contribution is -2.39. The summed E-state index contributed by atoms with van der Waals surface area (Å²) in [5.74, 6) is 0.659. The molecule has 1 N–H and O–H groups in total. The molecule has 1 aliphatic carbocycles. The summed E-state index contributed by atoms with van der Waals surface area (Å²) in [5, 5.41) is 2.77. The van der Waals surface area contributed by atoms with Gasteiger partial charge in [0, 0.05) is 24.0 Å². The zero-order valence-corrected chi connectivity index (χ0v) is 22.9. The van der Waals surface area contributed by atoms with Crippen molar-refractivity contribution < 1.29 is 27.1 Å². The molecule has 40 heavy (non-hydrogen) atoms. The van der Waals surface area contributed by atoms with Crippen LogP contribution in [0.1, 0.15) is 12.8 Å². The maximum absolute atomic E-state index is 13.6. The summed E-state index contributed by atoms with van der Waals surface area (Å²) in [6.07, 6.45) is 3.55. The lowest BCUT2D eigenvalue weighted by atomic mass is 10.1. The second-order valence-electron chi connectivity index (χ2n) is 9.49. The summed E-state index contributed by atoms with van der Waals surface area (Å²) < 4.78 is 53.8. The number of hydrogen-bond acceptors (Lipinski definition) is 6. The van der Waals surface area contributed by atoms with Gasteiger partial charge in [0.15, 0.2) is 0 Å². The Morgan fingerprint density at radius 3 is 2.15 bits per heavy atom. The highest BCUT2D eigenvalue weighted by atomic mass is 32.2. The lowest BCUT2D eigenvalue weighted by molar-refractivity contribution is -0.116. The first-order valence-corrected chi connectivity index (χ1v) is 14.1. The molecule has 0 aliphatic heterocycles. The van der Waals surface area contributed by atoms with Crippen LogP contribution < -0.4 is 14.8 Å². The van der Waals surface area contributed by atoms with Crippen molar-refractivity contribution in [2.75, 3.05) is 32.6 Å². The van der Waals surface area contributed by atoms with E-state index in [0.717, 1.165) is 18.4 Å². The second kappa shape index (κ2) is 11.5. The van der Waals surface area contributed by atoms with Gasteiger partial charge in [-0.3, -0.25) is 14.7 Å². The van der Waals surface area contributed by atoms with Crippen molar-refractivity contribution in [2.45, 2.75) is 17.7 Å². The number of anilines is 1. The number of sulfonamides is 1. The van der Waals surface area contributed by atoms with E-state index in [2.05, 4.69) is 10.3 Å². The number of ether oxygens (including phenoxy) is 2. The van der Waals surface area contributed by atoms with Crippen molar-refractivity contribution in [1.82, 2.24) is 13.9 Å². The average molecular weight is 565 g/mol. The molecule has 208 valence electrons. The van der Waals surface area contributed by atoms with Gasteiger partial charge in [0.25, 0.3) is 0 Å². The van der Waals surface area contributed by atoms with Gasteiger partial charge in [-0.1, -0.05) is 0 Å². The molecule has 5 rings (SSSR count). The van der Waals surface area contributed by atoms with E-state index < -0.39 is 21.7 Å². The molecule has 0 saturated heterocycles. The minimum Gasteiger partial charge on any atom is -0.497 e. The molecule has 1 aliphatic rings. The normalized spacial score (nSPS) is 13.3. The van der Waals surface area contributed by atoms with E-state index in [1.54, 1.807) is 54.3 Å². The molecule has 1 aromatic heterocycles. The molecule has 0 unspecified atom stereocenters. The summed E-state index contributed by atoms with van der Waals surface area (Å²) in [6.45, 7) is -0.149. The molecule has 1 fully saturated rings. The highest BCUT2D eigenvalue weighted by Gasteiger charge is 2.33. The summed E-state index contributed by atoms with van der Waals surface area (Å²) in [6, 6.07) is 19.1. The fourth-order valence-electron chi connectivity index (χ4n) is 4.23. The first-order valence-electron chi connectivity index (χ1n) is 12.7. The van der Waals surface area contributed by atoms with Crippen LogP contribution in [-0.2, 0) is 14.8 Å². The number of methoxy groups -OCH3 is 2. The van der Waals surface area contributed by atoms with E-state index in [4.69, 9.17) is 9.47 Å². The number of carbonyl (C=O) groups is 1. The highest BCUT2D eigenvalue weighted by molar-refractivity contribution is 7.89. The average Bonchev–Trinajstić information content (AvgIpc) is 3.70. The summed E-state index contributed by atoms with van der Waals surface area (Å²) in [7, 11) is -0.864. The van der Waals surface area contributed by atoms with E-state index in [-0.39, 0.29) is 29.9 Å². The van der Waals surface area contributed by atoms with Crippen molar-refractivity contribution in [3.63, 3.8) is 0 Å². The molecule has 1 saturated carbocycles. The molecule has 4 aromatic rings. The third-order valence-corrected chi connectivity index (χ3v) is 8.45. The van der Waals surface area contributed by atoms with E-state index in [9.17, 15) is 17.6 Å². The molecule has 9 nitrogen and oxygen atoms in total. The van der Waals surface area contributed by atoms with Gasteiger partial charge in [-0.05, 0) is 91.6 Å². The third-order valence-electron chi connectivity index (χ3n) is 6.62. The zero-order valence-electron chi connectivity index (χ0n) is 22.1. The SMILES string of the molecule is COc1ccc(-c2cn(-c3ccc(F)cc3)c(NC(=O)CN(CC3CC3)S(=O)(=O)c3ccc(OC)cc3)n2)cc1. The first-order chi connectivity index (χ1) is 19.3. The van der Waals surface area contributed by atoms with Crippen molar-refractivity contribution in [2.24, 2.45) is 5.92 Å². The van der Waals surface area contributed by atoms with E-state index in [0.29, 0.717) is 22.9 Å². The minimum atomic E-state index is -3.94. The number of aromatic nitrogens is 2. The number of hydrogen-bond donors (Lipinski definition) is 1. The van der Waals surface area contributed by atoms with Crippen LogP contribution in [0.3, 0.4) is 0 Å². The molecular formula is C29H29FN4O5S. The molecule has 1 heterocycles. The Hall–Kier alpha value is -4.22. The van der Waals surface area contributed by atoms with Gasteiger partial charge in [0.2, 0.25) is 21.9 Å². The van der Waals surface area contributed by atoms with Gasteiger partial charge >= 0.3 is 0 Å². The quantitative estimate of drug-likeness (QED) is 0.283. The first kappa shape index (κ1) is 27.4. The number of nitrogens with one attached hydrogen (secondary N) is 1. The van der Waals surface area contributed by atoms with Gasteiger partial charge in [-0.25, -0.2) is 17.8 Å². The molecule has 11 heteroatoms.